The summed E-state index contributed by atoms with van der Waals surface area (Å²) in [6.07, 6.45) is 8.88. The van der Waals surface area contributed by atoms with Crippen molar-refractivity contribution < 1.29 is 4.74 Å². The Kier molecular flexibility index (Phi) is 4.81. The molecule has 106 valence electrons. The van der Waals surface area contributed by atoms with Crippen LogP contribution in [-0.4, -0.2) is 11.1 Å². The standard InChI is InChI=1S/C16H26N2O/c1-11(2)19-15-8-14(9-18-10-15)16(17)13-6-4-12(3)5-7-13/h8-13,16H,4-7,17H2,1-3H3. The SMILES string of the molecule is CC1CCC(C(N)c2cncc(OC(C)C)c2)CC1. The van der Waals surface area contributed by atoms with Gasteiger partial charge in [0.15, 0.2) is 0 Å². The number of aromatic nitrogens is 1. The molecule has 0 radical (unpaired) electrons. The third-order valence-corrected chi connectivity index (χ3v) is 4.06. The lowest BCUT2D eigenvalue weighted by Crippen LogP contribution is -2.25. The molecule has 1 aliphatic rings. The Morgan fingerprint density at radius 2 is 1.89 bits per heavy atom. The molecule has 3 heteroatoms. The first-order valence-electron chi connectivity index (χ1n) is 7.43. The highest BCUT2D eigenvalue weighted by molar-refractivity contribution is 5.26. The fourth-order valence-corrected chi connectivity index (χ4v) is 2.87. The zero-order valence-corrected chi connectivity index (χ0v) is 12.3. The summed E-state index contributed by atoms with van der Waals surface area (Å²) >= 11 is 0. The maximum absolute atomic E-state index is 6.42. The summed E-state index contributed by atoms with van der Waals surface area (Å²) in [4.78, 5) is 4.26. The minimum atomic E-state index is 0.0933. The van der Waals surface area contributed by atoms with Crippen molar-refractivity contribution in [1.82, 2.24) is 4.98 Å². The molecule has 1 atom stereocenters. The number of ether oxygens (including phenoxy) is 1. The van der Waals surface area contributed by atoms with Gasteiger partial charge in [-0.3, -0.25) is 4.98 Å². The van der Waals surface area contributed by atoms with Gasteiger partial charge in [0.1, 0.15) is 5.75 Å². The summed E-state index contributed by atoms with van der Waals surface area (Å²) in [5.74, 6) is 2.27. The van der Waals surface area contributed by atoms with Crippen molar-refractivity contribution in [2.24, 2.45) is 17.6 Å². The quantitative estimate of drug-likeness (QED) is 0.900. The van der Waals surface area contributed by atoms with Crippen molar-refractivity contribution in [2.75, 3.05) is 0 Å². The molecule has 0 bridgehead atoms. The molecule has 1 saturated carbocycles. The van der Waals surface area contributed by atoms with Crippen molar-refractivity contribution in [1.29, 1.82) is 0 Å². The van der Waals surface area contributed by atoms with E-state index in [2.05, 4.69) is 18.0 Å². The molecule has 0 aliphatic heterocycles. The highest BCUT2D eigenvalue weighted by atomic mass is 16.5. The van der Waals surface area contributed by atoms with Gasteiger partial charge in [-0.15, -0.1) is 0 Å². The Balaban J connectivity index is 2.04. The lowest BCUT2D eigenvalue weighted by Gasteiger charge is -2.30. The maximum atomic E-state index is 6.42. The van der Waals surface area contributed by atoms with E-state index >= 15 is 0 Å². The molecule has 0 saturated heterocycles. The number of nitrogens with two attached hydrogens (primary N) is 1. The molecule has 0 aromatic carbocycles. The molecular weight excluding hydrogens is 236 g/mol. The van der Waals surface area contributed by atoms with Gasteiger partial charge in [0, 0.05) is 12.2 Å². The van der Waals surface area contributed by atoms with Crippen LogP contribution in [0.4, 0.5) is 0 Å². The van der Waals surface area contributed by atoms with E-state index in [1.54, 1.807) is 6.20 Å². The predicted octanol–water partition coefficient (Wildman–Crippen LogP) is 3.69. The van der Waals surface area contributed by atoms with Gasteiger partial charge in [-0.1, -0.05) is 19.8 Å². The normalized spacial score (nSPS) is 25.3. The Morgan fingerprint density at radius 1 is 1.21 bits per heavy atom. The molecule has 1 unspecified atom stereocenters. The first-order valence-corrected chi connectivity index (χ1v) is 7.43. The number of rotatable bonds is 4. The van der Waals surface area contributed by atoms with E-state index in [1.165, 1.54) is 25.7 Å². The van der Waals surface area contributed by atoms with Gasteiger partial charge in [0.2, 0.25) is 0 Å². The second-order valence-electron chi connectivity index (χ2n) is 6.17. The van der Waals surface area contributed by atoms with Crippen LogP contribution in [0.2, 0.25) is 0 Å². The van der Waals surface area contributed by atoms with Gasteiger partial charge in [0.05, 0.1) is 12.3 Å². The molecule has 2 rings (SSSR count). The molecular formula is C16H26N2O. The number of hydrogen-bond donors (Lipinski definition) is 1. The summed E-state index contributed by atoms with van der Waals surface area (Å²) in [5, 5.41) is 0. The molecule has 1 aromatic rings. The van der Waals surface area contributed by atoms with Gasteiger partial charge in [-0.05, 0) is 50.2 Å². The summed E-state index contributed by atoms with van der Waals surface area (Å²) in [5.41, 5.74) is 7.53. The third kappa shape index (κ3) is 3.93. The van der Waals surface area contributed by atoms with Crippen molar-refractivity contribution in [3.05, 3.63) is 24.0 Å². The maximum Gasteiger partial charge on any atom is 0.138 e. The minimum absolute atomic E-state index is 0.0933. The average Bonchev–Trinajstić information content (AvgIpc) is 2.38. The minimum Gasteiger partial charge on any atom is -0.489 e. The summed E-state index contributed by atoms with van der Waals surface area (Å²) < 4.78 is 5.69. The molecule has 19 heavy (non-hydrogen) atoms. The highest BCUT2D eigenvalue weighted by Crippen LogP contribution is 2.35. The van der Waals surface area contributed by atoms with Crippen LogP contribution in [0.15, 0.2) is 18.5 Å². The van der Waals surface area contributed by atoms with Crippen LogP contribution < -0.4 is 10.5 Å². The van der Waals surface area contributed by atoms with E-state index in [4.69, 9.17) is 10.5 Å². The van der Waals surface area contributed by atoms with Gasteiger partial charge >= 0.3 is 0 Å². The topological polar surface area (TPSA) is 48.1 Å². The smallest absolute Gasteiger partial charge is 0.138 e. The second kappa shape index (κ2) is 6.38. The van der Waals surface area contributed by atoms with Crippen molar-refractivity contribution in [2.45, 2.75) is 58.6 Å². The summed E-state index contributed by atoms with van der Waals surface area (Å²) in [7, 11) is 0. The molecule has 0 amide bonds. The van der Waals surface area contributed by atoms with Crippen molar-refractivity contribution in [3.8, 4) is 5.75 Å². The predicted molar refractivity (Wildman–Crippen MR) is 78.1 cm³/mol. The third-order valence-electron chi connectivity index (χ3n) is 4.06. The largest absolute Gasteiger partial charge is 0.489 e. The van der Waals surface area contributed by atoms with Crippen LogP contribution in [0, 0.1) is 11.8 Å². The Hall–Kier alpha value is -1.09. The summed E-state index contributed by atoms with van der Waals surface area (Å²) in [6.45, 7) is 6.38. The first-order chi connectivity index (χ1) is 9.06. The molecule has 3 nitrogen and oxygen atoms in total. The van der Waals surface area contributed by atoms with Crippen LogP contribution in [0.1, 0.15) is 58.1 Å². The van der Waals surface area contributed by atoms with Crippen LogP contribution in [-0.2, 0) is 0 Å². The number of pyridine rings is 1. The van der Waals surface area contributed by atoms with Crippen LogP contribution in [0.5, 0.6) is 5.75 Å². The van der Waals surface area contributed by atoms with Gasteiger partial charge in [0.25, 0.3) is 0 Å². The lowest BCUT2D eigenvalue weighted by atomic mass is 9.78. The second-order valence-corrected chi connectivity index (χ2v) is 6.17. The molecule has 1 fully saturated rings. The zero-order chi connectivity index (χ0) is 13.8. The molecule has 2 N–H and O–H groups in total. The van der Waals surface area contributed by atoms with Crippen LogP contribution in [0.25, 0.3) is 0 Å². The number of nitrogens with zero attached hydrogens (tertiary/aromatic N) is 1. The monoisotopic (exact) mass is 262 g/mol. The first kappa shape index (κ1) is 14.3. The van der Waals surface area contributed by atoms with Crippen molar-refractivity contribution >= 4 is 0 Å². The fourth-order valence-electron chi connectivity index (χ4n) is 2.87. The Labute approximate surface area is 116 Å². The number of hydrogen-bond acceptors (Lipinski definition) is 3. The Morgan fingerprint density at radius 3 is 2.53 bits per heavy atom. The van der Waals surface area contributed by atoms with E-state index in [9.17, 15) is 0 Å². The molecule has 0 spiro atoms. The lowest BCUT2D eigenvalue weighted by molar-refractivity contribution is 0.238. The van der Waals surface area contributed by atoms with Crippen LogP contribution >= 0.6 is 0 Å². The average molecular weight is 262 g/mol. The Bertz CT molecular complexity index is 397. The van der Waals surface area contributed by atoms with E-state index in [-0.39, 0.29) is 12.1 Å². The molecule has 1 aromatic heterocycles. The van der Waals surface area contributed by atoms with E-state index in [1.807, 2.05) is 20.0 Å². The van der Waals surface area contributed by atoms with E-state index < -0.39 is 0 Å². The summed E-state index contributed by atoms with van der Waals surface area (Å²) in [6, 6.07) is 2.14. The molecule has 1 heterocycles. The van der Waals surface area contributed by atoms with Gasteiger partial charge < -0.3 is 10.5 Å². The van der Waals surface area contributed by atoms with E-state index in [0.29, 0.717) is 5.92 Å². The van der Waals surface area contributed by atoms with Gasteiger partial charge in [-0.2, -0.15) is 0 Å². The van der Waals surface area contributed by atoms with Crippen LogP contribution in [0.3, 0.4) is 0 Å². The van der Waals surface area contributed by atoms with Crippen molar-refractivity contribution in [3.63, 3.8) is 0 Å². The van der Waals surface area contributed by atoms with E-state index in [0.717, 1.165) is 17.2 Å². The van der Waals surface area contributed by atoms with Gasteiger partial charge in [-0.25, -0.2) is 0 Å². The highest BCUT2D eigenvalue weighted by Gasteiger charge is 2.25. The zero-order valence-electron chi connectivity index (χ0n) is 12.3. The molecule has 1 aliphatic carbocycles. The fraction of sp³-hybridized carbons (Fsp3) is 0.688.